The monoisotopic (exact) mass is 664 g/mol. The van der Waals surface area contributed by atoms with Crippen LogP contribution in [0.5, 0.6) is 0 Å². The molecule has 0 bridgehead atoms. The Morgan fingerprint density at radius 2 is 0.731 bits per heavy atom. The standard InChI is InChI=1S/C48H28N2O2/c1-2-8-29(9-3-1)41-22-18-30-14-15-31-19-23-42(50-48(31)47(30)49-41)36-25-34(32-16-20-39-37-10-4-6-12-43(37)51-45(39)27-32)24-35(26-36)33-17-21-40-38-11-5-7-13-44(38)52-46(40)28-33/h1-28H. The molecule has 4 nitrogen and oxygen atoms in total. The molecular weight excluding hydrogens is 637 g/mol. The summed E-state index contributed by atoms with van der Waals surface area (Å²) in [6.45, 7) is 0. The molecule has 0 saturated heterocycles. The van der Waals surface area contributed by atoms with Crippen LogP contribution in [0.1, 0.15) is 0 Å². The Balaban J connectivity index is 1.11. The predicted molar refractivity (Wildman–Crippen MR) is 213 cm³/mol. The fourth-order valence-electron chi connectivity index (χ4n) is 7.62. The number of hydrogen-bond donors (Lipinski definition) is 0. The Morgan fingerprint density at radius 3 is 1.29 bits per heavy atom. The Labute approximate surface area is 298 Å². The molecule has 0 aliphatic carbocycles. The van der Waals surface area contributed by atoms with Gasteiger partial charge in [-0.15, -0.1) is 0 Å². The molecule has 0 unspecified atom stereocenters. The molecule has 4 heteroatoms. The highest BCUT2D eigenvalue weighted by atomic mass is 16.3. The maximum absolute atomic E-state index is 6.32. The summed E-state index contributed by atoms with van der Waals surface area (Å²) in [6, 6.07) is 59.2. The fraction of sp³-hybridized carbons (Fsp3) is 0. The van der Waals surface area contributed by atoms with Gasteiger partial charge in [0.1, 0.15) is 22.3 Å². The van der Waals surface area contributed by atoms with Crippen molar-refractivity contribution in [2.45, 2.75) is 0 Å². The van der Waals surface area contributed by atoms with Crippen molar-refractivity contribution >= 4 is 65.7 Å². The topological polar surface area (TPSA) is 52.1 Å². The van der Waals surface area contributed by atoms with Gasteiger partial charge in [0.15, 0.2) is 0 Å². The van der Waals surface area contributed by atoms with Crippen LogP contribution in [0.25, 0.3) is 110 Å². The van der Waals surface area contributed by atoms with E-state index in [1.807, 2.05) is 42.5 Å². The predicted octanol–water partition coefficient (Wildman–Crippen LogP) is 13.2. The Morgan fingerprint density at radius 1 is 0.288 bits per heavy atom. The highest BCUT2D eigenvalue weighted by molar-refractivity contribution is 6.08. The third kappa shape index (κ3) is 4.62. The van der Waals surface area contributed by atoms with Gasteiger partial charge in [-0.3, -0.25) is 0 Å². The van der Waals surface area contributed by atoms with Crippen molar-refractivity contribution in [3.05, 3.63) is 170 Å². The Kier molecular flexibility index (Phi) is 6.22. The molecule has 0 aliphatic rings. The van der Waals surface area contributed by atoms with E-state index in [-0.39, 0.29) is 0 Å². The van der Waals surface area contributed by atoms with Gasteiger partial charge in [-0.25, -0.2) is 9.97 Å². The van der Waals surface area contributed by atoms with E-state index in [0.717, 1.165) is 110 Å². The summed E-state index contributed by atoms with van der Waals surface area (Å²) in [7, 11) is 0. The summed E-state index contributed by atoms with van der Waals surface area (Å²) in [4.78, 5) is 10.5. The van der Waals surface area contributed by atoms with Crippen LogP contribution in [0.4, 0.5) is 0 Å². The summed E-state index contributed by atoms with van der Waals surface area (Å²) in [6.07, 6.45) is 0. The van der Waals surface area contributed by atoms with Crippen molar-refractivity contribution in [2.75, 3.05) is 0 Å². The van der Waals surface area contributed by atoms with Crippen LogP contribution in [-0.4, -0.2) is 9.97 Å². The van der Waals surface area contributed by atoms with Gasteiger partial charge in [0.25, 0.3) is 0 Å². The molecule has 0 spiro atoms. The number of hydrogen-bond acceptors (Lipinski definition) is 4. The van der Waals surface area contributed by atoms with Crippen LogP contribution in [0.15, 0.2) is 179 Å². The lowest BCUT2D eigenvalue weighted by Gasteiger charge is -2.12. The van der Waals surface area contributed by atoms with Gasteiger partial charge in [-0.1, -0.05) is 103 Å². The van der Waals surface area contributed by atoms with Crippen LogP contribution < -0.4 is 0 Å². The van der Waals surface area contributed by atoms with E-state index in [1.54, 1.807) is 0 Å². The normalized spacial score (nSPS) is 11.8. The van der Waals surface area contributed by atoms with Gasteiger partial charge < -0.3 is 8.83 Å². The minimum Gasteiger partial charge on any atom is -0.456 e. The Bertz CT molecular complexity index is 3060. The van der Waals surface area contributed by atoms with E-state index >= 15 is 0 Å². The highest BCUT2D eigenvalue weighted by Gasteiger charge is 2.15. The Hall–Kier alpha value is -7.04. The lowest BCUT2D eigenvalue weighted by atomic mass is 9.94. The zero-order chi connectivity index (χ0) is 34.2. The number of furan rings is 2. The first-order chi connectivity index (χ1) is 25.7. The molecule has 11 rings (SSSR count). The molecular formula is C48H28N2O2. The molecule has 0 radical (unpaired) electrons. The molecule has 0 aliphatic heterocycles. The largest absolute Gasteiger partial charge is 0.456 e. The first-order valence-electron chi connectivity index (χ1n) is 17.5. The highest BCUT2D eigenvalue weighted by Crippen LogP contribution is 2.39. The van der Waals surface area contributed by atoms with E-state index < -0.39 is 0 Å². The molecule has 52 heavy (non-hydrogen) atoms. The number of rotatable bonds is 4. The first-order valence-corrected chi connectivity index (χ1v) is 17.5. The van der Waals surface area contributed by atoms with Gasteiger partial charge in [0, 0.05) is 43.4 Å². The minimum absolute atomic E-state index is 0.866. The number of para-hydroxylation sites is 2. The van der Waals surface area contributed by atoms with E-state index in [2.05, 4.69) is 127 Å². The minimum atomic E-state index is 0.866. The molecule has 0 atom stereocenters. The van der Waals surface area contributed by atoms with Gasteiger partial charge in [0.05, 0.1) is 22.4 Å². The van der Waals surface area contributed by atoms with Gasteiger partial charge in [0.2, 0.25) is 0 Å². The number of nitrogens with zero attached hydrogens (tertiary/aromatic N) is 2. The fourth-order valence-corrected chi connectivity index (χ4v) is 7.62. The molecule has 0 N–H and O–H groups in total. The van der Waals surface area contributed by atoms with Crippen LogP contribution in [0, 0.1) is 0 Å². The third-order valence-electron chi connectivity index (χ3n) is 10.2. The molecule has 11 aromatic rings. The second-order valence-electron chi connectivity index (χ2n) is 13.4. The second-order valence-corrected chi connectivity index (χ2v) is 13.4. The molecule has 242 valence electrons. The molecule has 7 aromatic carbocycles. The van der Waals surface area contributed by atoms with Crippen LogP contribution >= 0.6 is 0 Å². The average molecular weight is 665 g/mol. The number of pyridine rings is 2. The molecule has 0 amide bonds. The van der Waals surface area contributed by atoms with Crippen molar-refractivity contribution < 1.29 is 8.83 Å². The number of aromatic nitrogens is 2. The lowest BCUT2D eigenvalue weighted by Crippen LogP contribution is -1.92. The van der Waals surface area contributed by atoms with E-state index in [1.165, 1.54) is 0 Å². The van der Waals surface area contributed by atoms with E-state index in [9.17, 15) is 0 Å². The summed E-state index contributed by atoms with van der Waals surface area (Å²) in [5.41, 5.74) is 13.5. The summed E-state index contributed by atoms with van der Waals surface area (Å²) in [5, 5.41) is 6.57. The number of fused-ring (bicyclic) bond motifs is 9. The van der Waals surface area contributed by atoms with Crippen LogP contribution in [-0.2, 0) is 0 Å². The average Bonchev–Trinajstić information content (AvgIpc) is 3.78. The van der Waals surface area contributed by atoms with Gasteiger partial charge in [-0.2, -0.15) is 0 Å². The van der Waals surface area contributed by atoms with Crippen molar-refractivity contribution in [1.82, 2.24) is 9.97 Å². The summed E-state index contributed by atoms with van der Waals surface area (Å²) < 4.78 is 12.6. The van der Waals surface area contributed by atoms with Crippen LogP contribution in [0.3, 0.4) is 0 Å². The van der Waals surface area contributed by atoms with Gasteiger partial charge >= 0.3 is 0 Å². The molecule has 4 aromatic heterocycles. The maximum Gasteiger partial charge on any atom is 0.136 e. The summed E-state index contributed by atoms with van der Waals surface area (Å²) >= 11 is 0. The second kappa shape index (κ2) is 11.2. The van der Waals surface area contributed by atoms with Gasteiger partial charge in [-0.05, 0) is 89.0 Å². The molecule has 0 saturated carbocycles. The smallest absolute Gasteiger partial charge is 0.136 e. The first kappa shape index (κ1) is 28.8. The third-order valence-corrected chi connectivity index (χ3v) is 10.2. The van der Waals surface area contributed by atoms with Crippen molar-refractivity contribution in [1.29, 1.82) is 0 Å². The zero-order valence-corrected chi connectivity index (χ0v) is 27.9. The van der Waals surface area contributed by atoms with Crippen molar-refractivity contribution in [2.24, 2.45) is 0 Å². The SMILES string of the molecule is c1ccc(-c2ccc3ccc4ccc(-c5cc(-c6ccc7c(c6)oc6ccccc67)cc(-c6ccc7c(c6)oc6ccccc67)c5)nc4c3n2)cc1. The molecule has 0 fully saturated rings. The van der Waals surface area contributed by atoms with Crippen LogP contribution in [0.2, 0.25) is 0 Å². The molecule has 4 heterocycles. The van der Waals surface area contributed by atoms with Crippen molar-refractivity contribution in [3.63, 3.8) is 0 Å². The van der Waals surface area contributed by atoms with Crippen molar-refractivity contribution in [3.8, 4) is 44.8 Å². The summed E-state index contributed by atoms with van der Waals surface area (Å²) in [5.74, 6) is 0. The quantitative estimate of drug-likeness (QED) is 0.176. The zero-order valence-electron chi connectivity index (χ0n) is 27.9. The maximum atomic E-state index is 6.32. The van der Waals surface area contributed by atoms with E-state index in [0.29, 0.717) is 0 Å². The number of benzene rings is 7. The van der Waals surface area contributed by atoms with E-state index in [4.69, 9.17) is 18.8 Å². The lowest BCUT2D eigenvalue weighted by molar-refractivity contribution is 0.668.